The Morgan fingerprint density at radius 1 is 1.25 bits per heavy atom. The minimum absolute atomic E-state index is 0.366. The summed E-state index contributed by atoms with van der Waals surface area (Å²) in [4.78, 5) is 14.0. The van der Waals surface area contributed by atoms with Gasteiger partial charge in [-0.05, 0) is 32.1 Å². The van der Waals surface area contributed by atoms with E-state index in [1.165, 1.54) is 23.7 Å². The van der Waals surface area contributed by atoms with Gasteiger partial charge in [-0.1, -0.05) is 0 Å². The lowest BCUT2D eigenvalue weighted by molar-refractivity contribution is 0.00992. The van der Waals surface area contributed by atoms with Crippen LogP contribution in [0, 0.1) is 0 Å². The molecule has 3 rings (SSSR count). The fourth-order valence-corrected chi connectivity index (χ4v) is 4.70. The molecular formula is C20H35N5O2S. The van der Waals surface area contributed by atoms with Crippen LogP contribution in [0.4, 0.5) is 5.13 Å². The molecule has 0 saturated carbocycles. The third kappa shape index (κ3) is 6.32. The van der Waals surface area contributed by atoms with E-state index in [4.69, 9.17) is 14.5 Å². The second-order valence-electron chi connectivity index (χ2n) is 7.44. The van der Waals surface area contributed by atoms with Gasteiger partial charge in [-0.15, -0.1) is 11.3 Å². The van der Waals surface area contributed by atoms with Crippen molar-refractivity contribution in [2.24, 2.45) is 4.99 Å². The zero-order valence-electron chi connectivity index (χ0n) is 17.4. The Morgan fingerprint density at radius 2 is 2.04 bits per heavy atom. The minimum atomic E-state index is 0.366. The van der Waals surface area contributed by atoms with E-state index in [9.17, 15) is 0 Å². The highest BCUT2D eigenvalue weighted by Gasteiger charge is 2.22. The predicted octanol–water partition coefficient (Wildman–Crippen LogP) is 2.38. The number of aliphatic imine (C=N–C) groups is 1. The molecule has 3 heterocycles. The van der Waals surface area contributed by atoms with E-state index in [1.807, 2.05) is 7.05 Å². The number of nitrogens with zero attached hydrogens (tertiary/aromatic N) is 4. The summed E-state index contributed by atoms with van der Waals surface area (Å²) in [6.45, 7) is 6.72. The van der Waals surface area contributed by atoms with Gasteiger partial charge in [-0.2, -0.15) is 0 Å². The first-order valence-electron chi connectivity index (χ1n) is 10.6. The quantitative estimate of drug-likeness (QED) is 0.384. The smallest absolute Gasteiger partial charge is 0.193 e. The molecule has 8 heteroatoms. The molecule has 1 aromatic heterocycles. The second-order valence-corrected chi connectivity index (χ2v) is 8.28. The van der Waals surface area contributed by atoms with Crippen LogP contribution in [0.15, 0.2) is 10.4 Å². The third-order valence-electron chi connectivity index (χ3n) is 5.38. The van der Waals surface area contributed by atoms with Crippen molar-refractivity contribution < 1.29 is 9.47 Å². The largest absolute Gasteiger partial charge is 0.385 e. The van der Waals surface area contributed by atoms with Crippen LogP contribution in [0.3, 0.4) is 0 Å². The Morgan fingerprint density at radius 3 is 2.75 bits per heavy atom. The molecule has 1 aromatic rings. The van der Waals surface area contributed by atoms with Crippen LogP contribution in [0.2, 0.25) is 0 Å². The van der Waals surface area contributed by atoms with Gasteiger partial charge in [-0.25, -0.2) is 4.98 Å². The van der Waals surface area contributed by atoms with Crippen molar-refractivity contribution in [1.29, 1.82) is 0 Å². The van der Waals surface area contributed by atoms with E-state index < -0.39 is 0 Å². The third-order valence-corrected chi connectivity index (χ3v) is 6.33. The zero-order chi connectivity index (χ0) is 19.6. The van der Waals surface area contributed by atoms with Crippen LogP contribution in [0.25, 0.3) is 0 Å². The minimum Gasteiger partial charge on any atom is -0.385 e. The molecule has 158 valence electrons. The van der Waals surface area contributed by atoms with E-state index in [2.05, 4.69) is 25.5 Å². The molecule has 0 radical (unpaired) electrons. The van der Waals surface area contributed by atoms with Crippen molar-refractivity contribution in [2.75, 3.05) is 65.0 Å². The molecule has 28 heavy (non-hydrogen) atoms. The van der Waals surface area contributed by atoms with Gasteiger partial charge in [0.05, 0.1) is 11.8 Å². The summed E-state index contributed by atoms with van der Waals surface area (Å²) in [6, 6.07) is 0. The molecule has 0 aliphatic carbocycles. The van der Waals surface area contributed by atoms with Crippen molar-refractivity contribution in [3.05, 3.63) is 11.1 Å². The van der Waals surface area contributed by atoms with Crippen LogP contribution < -0.4 is 10.2 Å². The number of anilines is 1. The van der Waals surface area contributed by atoms with Crippen molar-refractivity contribution in [1.82, 2.24) is 15.2 Å². The Hall–Kier alpha value is -1.38. The lowest BCUT2D eigenvalue weighted by atomic mass is 10.1. The summed E-state index contributed by atoms with van der Waals surface area (Å²) in [6.07, 6.45) is 6.96. The molecule has 0 amide bonds. The highest BCUT2D eigenvalue weighted by molar-refractivity contribution is 7.13. The topological polar surface area (TPSA) is 62.2 Å². The lowest BCUT2D eigenvalue weighted by Gasteiger charge is -2.34. The second kappa shape index (κ2) is 11.6. The number of likely N-dealkylation sites (tertiary alicyclic amines) is 1. The molecule has 0 atom stereocenters. The molecular weight excluding hydrogens is 374 g/mol. The molecule has 1 N–H and O–H groups in total. The molecule has 0 unspecified atom stereocenters. The number of hydrogen-bond donors (Lipinski definition) is 1. The van der Waals surface area contributed by atoms with Crippen LogP contribution in [0.5, 0.6) is 0 Å². The van der Waals surface area contributed by atoms with E-state index in [0.717, 1.165) is 77.6 Å². The number of guanidine groups is 1. The molecule has 2 fully saturated rings. The van der Waals surface area contributed by atoms with Gasteiger partial charge in [-0.3, -0.25) is 4.99 Å². The van der Waals surface area contributed by atoms with Crippen LogP contribution >= 0.6 is 11.3 Å². The first-order chi connectivity index (χ1) is 13.8. The maximum absolute atomic E-state index is 5.95. The molecule has 0 aromatic carbocycles. The van der Waals surface area contributed by atoms with Crippen molar-refractivity contribution in [3.8, 4) is 0 Å². The number of nitrogens with one attached hydrogen (secondary N) is 1. The van der Waals surface area contributed by atoms with E-state index in [-0.39, 0.29) is 0 Å². The van der Waals surface area contributed by atoms with E-state index in [1.54, 1.807) is 18.4 Å². The summed E-state index contributed by atoms with van der Waals surface area (Å²) >= 11 is 1.77. The van der Waals surface area contributed by atoms with Crippen molar-refractivity contribution in [2.45, 2.75) is 44.6 Å². The number of rotatable bonds is 9. The highest BCUT2D eigenvalue weighted by Crippen LogP contribution is 2.24. The summed E-state index contributed by atoms with van der Waals surface area (Å²) in [5, 5.41) is 6.89. The van der Waals surface area contributed by atoms with Gasteiger partial charge in [0.15, 0.2) is 11.1 Å². The number of hydrogen-bond acceptors (Lipinski definition) is 6. The van der Waals surface area contributed by atoms with Crippen LogP contribution in [-0.4, -0.2) is 82.0 Å². The van der Waals surface area contributed by atoms with E-state index in [0.29, 0.717) is 6.10 Å². The van der Waals surface area contributed by atoms with Gasteiger partial charge in [0.2, 0.25) is 0 Å². The first kappa shape index (κ1) is 21.3. The molecule has 0 spiro atoms. The van der Waals surface area contributed by atoms with Crippen molar-refractivity contribution in [3.63, 3.8) is 0 Å². The van der Waals surface area contributed by atoms with Gasteiger partial charge < -0.3 is 24.6 Å². The average Bonchev–Trinajstić information content (AvgIpc) is 3.41. The maximum atomic E-state index is 5.95. The van der Waals surface area contributed by atoms with Gasteiger partial charge in [0, 0.05) is 71.9 Å². The number of piperidine rings is 1. The van der Waals surface area contributed by atoms with Gasteiger partial charge in [0.1, 0.15) is 0 Å². The Balaban J connectivity index is 1.35. The summed E-state index contributed by atoms with van der Waals surface area (Å²) < 4.78 is 11.0. The summed E-state index contributed by atoms with van der Waals surface area (Å²) in [5.41, 5.74) is 1.18. The summed E-state index contributed by atoms with van der Waals surface area (Å²) in [5.74, 6) is 0.993. The molecule has 0 bridgehead atoms. The van der Waals surface area contributed by atoms with Crippen LogP contribution in [0.1, 0.15) is 37.8 Å². The van der Waals surface area contributed by atoms with E-state index >= 15 is 0 Å². The normalized spacial score (nSPS) is 18.9. The van der Waals surface area contributed by atoms with Crippen LogP contribution in [-0.2, 0) is 15.9 Å². The SMILES string of the molecule is CN=C(NCCc1csc(N2CCCC2)n1)N1CCC(OCCCOC)CC1. The zero-order valence-corrected chi connectivity index (χ0v) is 18.2. The fourth-order valence-electron chi connectivity index (χ4n) is 3.79. The fraction of sp³-hybridized carbons (Fsp3) is 0.800. The molecule has 7 nitrogen and oxygen atoms in total. The standard InChI is InChI=1S/C20H35N5O2S/c1-21-19(24-12-7-18(8-13-24)27-15-5-14-26-2)22-9-6-17-16-28-20(23-17)25-10-3-4-11-25/h16,18H,3-15H2,1-2H3,(H,21,22). The Kier molecular flexibility index (Phi) is 8.82. The van der Waals surface area contributed by atoms with Crippen molar-refractivity contribution >= 4 is 22.4 Å². The predicted molar refractivity (Wildman–Crippen MR) is 116 cm³/mol. The average molecular weight is 410 g/mol. The monoisotopic (exact) mass is 409 g/mol. The lowest BCUT2D eigenvalue weighted by Crippen LogP contribution is -2.47. The van der Waals surface area contributed by atoms with Gasteiger partial charge >= 0.3 is 0 Å². The van der Waals surface area contributed by atoms with Gasteiger partial charge in [0.25, 0.3) is 0 Å². The molecule has 2 aliphatic rings. The Bertz CT molecular complexity index is 595. The Labute approximate surface area is 173 Å². The number of methoxy groups -OCH3 is 1. The maximum Gasteiger partial charge on any atom is 0.193 e. The summed E-state index contributed by atoms with van der Waals surface area (Å²) in [7, 11) is 3.60. The molecule has 2 aliphatic heterocycles. The number of ether oxygens (including phenoxy) is 2. The first-order valence-corrected chi connectivity index (χ1v) is 11.4. The molecule has 2 saturated heterocycles. The number of thiazole rings is 1. The number of aromatic nitrogens is 1. The highest BCUT2D eigenvalue weighted by atomic mass is 32.1.